The number of ether oxygens (including phenoxy) is 6. The summed E-state index contributed by atoms with van der Waals surface area (Å²) in [5.74, 6) is -0.377. The van der Waals surface area contributed by atoms with E-state index in [0.717, 1.165) is 25.7 Å². The smallest absolute Gasteiger partial charge is 0.340 e. The molecule has 0 saturated carbocycles. The van der Waals surface area contributed by atoms with E-state index in [1.54, 1.807) is 42.5 Å². The van der Waals surface area contributed by atoms with Crippen LogP contribution in [0.5, 0.6) is 23.0 Å². The molecule has 248 valence electrons. The van der Waals surface area contributed by atoms with E-state index in [2.05, 4.69) is 5.32 Å². The first-order valence-electron chi connectivity index (χ1n) is 15.4. The molecule has 0 unspecified atom stereocenters. The van der Waals surface area contributed by atoms with Crippen LogP contribution in [0, 0.1) is 0 Å². The molecule has 11 nitrogen and oxygen atoms in total. The summed E-state index contributed by atoms with van der Waals surface area (Å²) in [4.78, 5) is 49.8. The van der Waals surface area contributed by atoms with E-state index in [1.807, 2.05) is 0 Å². The number of fused-ring (bicyclic) bond motifs is 6. The van der Waals surface area contributed by atoms with Crippen LogP contribution in [-0.2, 0) is 29.4 Å². The van der Waals surface area contributed by atoms with Gasteiger partial charge in [-0.05, 0) is 55.3 Å². The van der Waals surface area contributed by atoms with Crippen molar-refractivity contribution in [2.24, 2.45) is 0 Å². The quantitative estimate of drug-likeness (QED) is 0.0936. The van der Waals surface area contributed by atoms with E-state index in [0.29, 0.717) is 54.6 Å². The van der Waals surface area contributed by atoms with Crippen molar-refractivity contribution < 1.29 is 47.6 Å². The Morgan fingerprint density at radius 3 is 1.98 bits per heavy atom. The van der Waals surface area contributed by atoms with E-state index < -0.39 is 23.5 Å². The Hall–Kier alpha value is -4.45. The van der Waals surface area contributed by atoms with Gasteiger partial charge in [0.05, 0.1) is 25.4 Å². The van der Waals surface area contributed by atoms with E-state index in [1.165, 1.54) is 26.0 Å². The third kappa shape index (κ3) is 7.75. The summed E-state index contributed by atoms with van der Waals surface area (Å²) in [7, 11) is 0. The summed E-state index contributed by atoms with van der Waals surface area (Å²) >= 11 is 5.68. The minimum absolute atomic E-state index is 0.218. The van der Waals surface area contributed by atoms with E-state index >= 15 is 0 Å². The molecule has 3 aromatic carbocycles. The van der Waals surface area contributed by atoms with Crippen LogP contribution in [0.2, 0.25) is 0 Å². The van der Waals surface area contributed by atoms with Crippen LogP contribution < -0.4 is 19.5 Å². The lowest BCUT2D eigenvalue weighted by Crippen LogP contribution is -2.33. The average Bonchev–Trinajstić information content (AvgIpc) is 3.32. The van der Waals surface area contributed by atoms with Gasteiger partial charge in [0.15, 0.2) is 5.60 Å². The number of rotatable bonds is 15. The van der Waals surface area contributed by atoms with Gasteiger partial charge in [-0.3, -0.25) is 14.4 Å². The Balaban J connectivity index is 1.33. The van der Waals surface area contributed by atoms with E-state index in [-0.39, 0.29) is 41.0 Å². The second-order valence-electron chi connectivity index (χ2n) is 11.0. The summed E-state index contributed by atoms with van der Waals surface area (Å²) < 4.78 is 34.0. The summed E-state index contributed by atoms with van der Waals surface area (Å²) in [5, 5.41) is 2.85. The van der Waals surface area contributed by atoms with Crippen LogP contribution in [0.15, 0.2) is 54.6 Å². The zero-order valence-electron chi connectivity index (χ0n) is 26.2. The standard InChI is InChI=1S/C35H36ClNO10/c1-22(38)44-25-8-11-28-31(20-25)46-32-21-26(45-23(2)39)9-12-29(32)35(28)30-19-24(7-10-27(30)34(41)47-35)33(40)37-14-16-43-18-17-42-15-6-4-3-5-13-36/h7-12,19-21H,3-6,13-18H2,1-2H3,(H,37,40). The van der Waals surface area contributed by atoms with Gasteiger partial charge >= 0.3 is 17.9 Å². The molecule has 2 aliphatic heterocycles. The van der Waals surface area contributed by atoms with Crippen molar-refractivity contribution in [3.63, 3.8) is 0 Å². The Morgan fingerprint density at radius 1 is 0.745 bits per heavy atom. The molecule has 12 heteroatoms. The molecule has 1 N–H and O–H groups in total. The highest BCUT2D eigenvalue weighted by atomic mass is 35.5. The third-order valence-electron chi connectivity index (χ3n) is 7.61. The van der Waals surface area contributed by atoms with Crippen LogP contribution in [0.3, 0.4) is 0 Å². The minimum Gasteiger partial charge on any atom is -0.456 e. The number of carbonyl (C=O) groups excluding carboxylic acids is 4. The first-order chi connectivity index (χ1) is 22.7. The topological polar surface area (TPSA) is 136 Å². The van der Waals surface area contributed by atoms with Gasteiger partial charge in [-0.2, -0.15) is 0 Å². The van der Waals surface area contributed by atoms with Gasteiger partial charge in [0.1, 0.15) is 23.0 Å². The molecule has 3 aromatic rings. The number of esters is 3. The molecule has 2 aliphatic rings. The van der Waals surface area contributed by atoms with Crippen molar-refractivity contribution in [1.82, 2.24) is 5.32 Å². The number of unbranched alkanes of at least 4 members (excludes halogenated alkanes) is 3. The summed E-state index contributed by atoms with van der Waals surface area (Å²) in [6, 6.07) is 14.2. The summed E-state index contributed by atoms with van der Waals surface area (Å²) in [5.41, 5.74) is 0.408. The van der Waals surface area contributed by atoms with Gasteiger partial charge in [-0.15, -0.1) is 11.6 Å². The maximum Gasteiger partial charge on any atom is 0.340 e. The number of hydrogen-bond acceptors (Lipinski definition) is 10. The molecule has 0 fully saturated rings. The molecule has 0 radical (unpaired) electrons. The molecule has 1 amide bonds. The Bertz CT molecular complexity index is 1590. The minimum atomic E-state index is -1.51. The van der Waals surface area contributed by atoms with Gasteiger partial charge in [-0.1, -0.05) is 12.8 Å². The molecule has 0 bridgehead atoms. The molecule has 0 saturated heterocycles. The molecule has 47 heavy (non-hydrogen) atoms. The highest BCUT2D eigenvalue weighted by molar-refractivity contribution is 6.17. The Morgan fingerprint density at radius 2 is 1.36 bits per heavy atom. The maximum absolute atomic E-state index is 13.3. The Labute approximate surface area is 277 Å². The number of carbonyl (C=O) groups is 4. The predicted molar refractivity (Wildman–Crippen MR) is 170 cm³/mol. The number of hydrogen-bond donors (Lipinski definition) is 1. The van der Waals surface area contributed by atoms with Crippen molar-refractivity contribution in [3.05, 3.63) is 82.4 Å². The van der Waals surface area contributed by atoms with Gasteiger partial charge in [0, 0.05) is 67.3 Å². The van der Waals surface area contributed by atoms with Crippen molar-refractivity contribution in [2.75, 3.05) is 38.9 Å². The van der Waals surface area contributed by atoms with E-state index in [4.69, 9.17) is 40.0 Å². The number of amides is 1. The van der Waals surface area contributed by atoms with Gasteiger partial charge in [0.2, 0.25) is 0 Å². The second kappa shape index (κ2) is 15.4. The molecule has 1 spiro atoms. The van der Waals surface area contributed by atoms with Crippen molar-refractivity contribution in [2.45, 2.75) is 45.1 Å². The lowest BCUT2D eigenvalue weighted by atomic mass is 9.77. The van der Waals surface area contributed by atoms with Gasteiger partial charge in [0.25, 0.3) is 5.91 Å². The normalized spacial score (nSPS) is 13.6. The fourth-order valence-corrected chi connectivity index (χ4v) is 5.78. The van der Waals surface area contributed by atoms with Crippen LogP contribution in [-0.4, -0.2) is 62.7 Å². The summed E-state index contributed by atoms with van der Waals surface area (Å²) in [6.07, 6.45) is 4.19. The van der Waals surface area contributed by atoms with Gasteiger partial charge < -0.3 is 33.7 Å². The molecule has 0 atom stereocenters. The largest absolute Gasteiger partial charge is 0.456 e. The SMILES string of the molecule is CC(=O)Oc1ccc2c(c1)Oc1cc(OC(C)=O)ccc1C21OC(=O)c2ccc(C(=O)NCCOCCOCCCCCCCl)cc21. The van der Waals surface area contributed by atoms with Crippen molar-refractivity contribution in [1.29, 1.82) is 0 Å². The Kier molecular flexibility index (Phi) is 11.1. The second-order valence-corrected chi connectivity index (χ2v) is 11.4. The highest BCUT2D eigenvalue weighted by Crippen LogP contribution is 2.57. The number of halogens is 1. The first-order valence-corrected chi connectivity index (χ1v) is 16.0. The molecule has 0 aromatic heterocycles. The zero-order chi connectivity index (χ0) is 33.4. The van der Waals surface area contributed by atoms with Crippen molar-refractivity contribution >= 4 is 35.4 Å². The lowest BCUT2D eigenvalue weighted by molar-refractivity contribution is -0.132. The summed E-state index contributed by atoms with van der Waals surface area (Å²) in [6.45, 7) is 4.69. The maximum atomic E-state index is 13.3. The number of nitrogens with one attached hydrogen (secondary N) is 1. The molecule has 0 aliphatic carbocycles. The lowest BCUT2D eigenvalue weighted by Gasteiger charge is -2.36. The van der Waals surface area contributed by atoms with Crippen LogP contribution in [0.1, 0.15) is 76.9 Å². The van der Waals surface area contributed by atoms with Crippen molar-refractivity contribution in [3.8, 4) is 23.0 Å². The van der Waals surface area contributed by atoms with Gasteiger partial charge in [-0.25, -0.2) is 4.79 Å². The zero-order valence-corrected chi connectivity index (χ0v) is 27.0. The van der Waals surface area contributed by atoms with Crippen LogP contribution >= 0.6 is 11.6 Å². The average molecular weight is 666 g/mol. The van der Waals surface area contributed by atoms with Crippen LogP contribution in [0.25, 0.3) is 0 Å². The predicted octanol–water partition coefficient (Wildman–Crippen LogP) is 5.67. The van der Waals surface area contributed by atoms with E-state index in [9.17, 15) is 19.2 Å². The number of alkyl halides is 1. The molecular weight excluding hydrogens is 630 g/mol. The monoisotopic (exact) mass is 665 g/mol. The fraction of sp³-hybridized carbons (Fsp3) is 0.371. The highest BCUT2D eigenvalue weighted by Gasteiger charge is 2.54. The molecule has 5 rings (SSSR count). The molecular formula is C35H36ClNO10. The van der Waals surface area contributed by atoms with Crippen LogP contribution in [0.4, 0.5) is 0 Å². The fourth-order valence-electron chi connectivity index (χ4n) is 5.60. The first kappa shape index (κ1) is 33.9. The number of benzene rings is 3. The molecule has 2 heterocycles. The third-order valence-corrected chi connectivity index (χ3v) is 7.88.